The molecule has 0 spiro atoms. The molecule has 0 bridgehead atoms. The molecule has 21 heavy (non-hydrogen) atoms. The zero-order chi connectivity index (χ0) is 15.6. The van der Waals surface area contributed by atoms with Crippen molar-refractivity contribution < 1.29 is 4.79 Å². The van der Waals surface area contributed by atoms with E-state index in [0.717, 1.165) is 6.54 Å². The van der Waals surface area contributed by atoms with Crippen LogP contribution >= 0.6 is 0 Å². The van der Waals surface area contributed by atoms with Gasteiger partial charge in [-0.3, -0.25) is 9.59 Å². The number of anilines is 1. The van der Waals surface area contributed by atoms with Gasteiger partial charge in [0.05, 0.1) is 0 Å². The number of likely N-dealkylation sites (N-methyl/N-ethyl adjacent to an activating group) is 1. The Bertz CT molecular complexity index is 575. The molecule has 0 saturated carbocycles. The molecular weight excluding hydrogens is 270 g/mol. The summed E-state index contributed by atoms with van der Waals surface area (Å²) < 4.78 is 1.65. The summed E-state index contributed by atoms with van der Waals surface area (Å²) in [6, 6.07) is -0.417. The number of carbonyl (C=O) groups is 1. The molecule has 1 aliphatic heterocycles. The van der Waals surface area contributed by atoms with Crippen molar-refractivity contribution in [1.29, 1.82) is 0 Å². The zero-order valence-corrected chi connectivity index (χ0v) is 13.0. The Morgan fingerprint density at radius 2 is 2.19 bits per heavy atom. The molecule has 1 fully saturated rings. The van der Waals surface area contributed by atoms with Gasteiger partial charge >= 0.3 is 0 Å². The molecule has 2 rings (SSSR count). The summed E-state index contributed by atoms with van der Waals surface area (Å²) in [7, 11) is 1.60. The maximum absolute atomic E-state index is 12.7. The van der Waals surface area contributed by atoms with E-state index >= 15 is 0 Å². The van der Waals surface area contributed by atoms with Gasteiger partial charge in [-0.15, -0.1) is 0 Å². The lowest BCUT2D eigenvalue weighted by Gasteiger charge is -2.36. The molecule has 0 radical (unpaired) electrons. The minimum atomic E-state index is -0.417. The summed E-state index contributed by atoms with van der Waals surface area (Å²) in [6.45, 7) is 7.70. The molecule has 0 aliphatic carbocycles. The van der Waals surface area contributed by atoms with Crippen molar-refractivity contribution in [1.82, 2.24) is 20.2 Å². The van der Waals surface area contributed by atoms with Crippen LogP contribution in [0.15, 0.2) is 17.2 Å². The Balaban J connectivity index is 2.45. The first-order valence-corrected chi connectivity index (χ1v) is 7.13. The molecule has 1 saturated heterocycles. The monoisotopic (exact) mass is 293 g/mol. The third kappa shape index (κ3) is 3.07. The molecule has 7 heteroatoms. The SMILES string of the molecule is CNC(=O)C1CNCCN1c1nccn(C(C)(C)C)c1=O. The Morgan fingerprint density at radius 3 is 2.81 bits per heavy atom. The molecule has 1 atom stereocenters. The van der Waals surface area contributed by atoms with Crippen LogP contribution < -0.4 is 21.1 Å². The minimum absolute atomic E-state index is 0.116. The second-order valence-electron chi connectivity index (χ2n) is 6.12. The van der Waals surface area contributed by atoms with Gasteiger partial charge in [0.2, 0.25) is 5.91 Å². The first-order valence-electron chi connectivity index (χ1n) is 7.13. The molecule has 2 heterocycles. The van der Waals surface area contributed by atoms with Crippen LogP contribution in [0, 0.1) is 0 Å². The van der Waals surface area contributed by atoms with Gasteiger partial charge in [-0.2, -0.15) is 0 Å². The van der Waals surface area contributed by atoms with E-state index in [4.69, 9.17) is 0 Å². The van der Waals surface area contributed by atoms with Gasteiger partial charge < -0.3 is 20.1 Å². The number of aromatic nitrogens is 2. The van der Waals surface area contributed by atoms with Crippen LogP contribution in [-0.4, -0.2) is 48.2 Å². The van der Waals surface area contributed by atoms with Crippen LogP contribution in [0.4, 0.5) is 5.82 Å². The summed E-state index contributed by atoms with van der Waals surface area (Å²) in [6.07, 6.45) is 3.30. The van der Waals surface area contributed by atoms with Crippen LogP contribution in [0.2, 0.25) is 0 Å². The highest BCUT2D eigenvalue weighted by atomic mass is 16.2. The third-order valence-electron chi connectivity index (χ3n) is 3.61. The van der Waals surface area contributed by atoms with E-state index in [1.54, 1.807) is 28.9 Å². The lowest BCUT2D eigenvalue weighted by atomic mass is 10.1. The molecular formula is C14H23N5O2. The number of nitrogens with one attached hydrogen (secondary N) is 2. The molecule has 7 nitrogen and oxygen atoms in total. The van der Waals surface area contributed by atoms with Gasteiger partial charge in [-0.25, -0.2) is 4.98 Å². The molecule has 1 unspecified atom stereocenters. The highest BCUT2D eigenvalue weighted by Gasteiger charge is 2.31. The third-order valence-corrected chi connectivity index (χ3v) is 3.61. The van der Waals surface area contributed by atoms with Crippen LogP contribution in [0.25, 0.3) is 0 Å². The highest BCUT2D eigenvalue weighted by Crippen LogP contribution is 2.15. The van der Waals surface area contributed by atoms with Crippen molar-refractivity contribution in [3.05, 3.63) is 22.7 Å². The number of amides is 1. The average Bonchev–Trinajstić information content (AvgIpc) is 2.45. The molecule has 1 aromatic rings. The predicted molar refractivity (Wildman–Crippen MR) is 81.6 cm³/mol. The van der Waals surface area contributed by atoms with E-state index in [1.807, 2.05) is 20.8 Å². The fourth-order valence-corrected chi connectivity index (χ4v) is 2.49. The van der Waals surface area contributed by atoms with Crippen molar-refractivity contribution in [2.24, 2.45) is 0 Å². The van der Waals surface area contributed by atoms with Gasteiger partial charge in [0.15, 0.2) is 5.82 Å². The van der Waals surface area contributed by atoms with Crippen LogP contribution in [0.1, 0.15) is 20.8 Å². The lowest BCUT2D eigenvalue weighted by molar-refractivity contribution is -0.122. The maximum Gasteiger partial charge on any atom is 0.294 e. The van der Waals surface area contributed by atoms with Crippen LogP contribution in [0.3, 0.4) is 0 Å². The van der Waals surface area contributed by atoms with Gasteiger partial charge in [0.1, 0.15) is 6.04 Å². The van der Waals surface area contributed by atoms with Crippen molar-refractivity contribution in [2.75, 3.05) is 31.6 Å². The Hall–Kier alpha value is -1.89. The Labute approximate surface area is 124 Å². The summed E-state index contributed by atoms with van der Waals surface area (Å²) >= 11 is 0. The number of hydrogen-bond donors (Lipinski definition) is 2. The smallest absolute Gasteiger partial charge is 0.294 e. The molecule has 0 aromatic carbocycles. The van der Waals surface area contributed by atoms with E-state index in [0.29, 0.717) is 18.9 Å². The van der Waals surface area contributed by atoms with Crippen LogP contribution in [0.5, 0.6) is 0 Å². The number of rotatable bonds is 2. The second-order valence-corrected chi connectivity index (χ2v) is 6.12. The Kier molecular flexibility index (Phi) is 4.32. The van der Waals surface area contributed by atoms with Crippen molar-refractivity contribution >= 4 is 11.7 Å². The molecule has 1 amide bonds. The normalized spacial score (nSPS) is 19.4. The predicted octanol–water partition coefficient (Wildman–Crippen LogP) is -0.477. The van der Waals surface area contributed by atoms with E-state index in [2.05, 4.69) is 15.6 Å². The topological polar surface area (TPSA) is 79.3 Å². The molecule has 1 aromatic heterocycles. The Morgan fingerprint density at radius 1 is 1.48 bits per heavy atom. The maximum atomic E-state index is 12.7. The largest absolute Gasteiger partial charge is 0.357 e. The highest BCUT2D eigenvalue weighted by molar-refractivity contribution is 5.85. The second kappa shape index (κ2) is 5.85. The summed E-state index contributed by atoms with van der Waals surface area (Å²) in [5.41, 5.74) is -0.494. The average molecular weight is 293 g/mol. The van der Waals surface area contributed by atoms with Gasteiger partial charge in [0, 0.05) is 44.6 Å². The number of hydrogen-bond acceptors (Lipinski definition) is 5. The summed E-state index contributed by atoms with van der Waals surface area (Å²) in [4.78, 5) is 30.7. The standard InChI is InChI=1S/C14H23N5O2/c1-14(2,3)19-8-6-17-11(13(19)21)18-7-5-16-9-10(18)12(20)15-4/h6,8,10,16H,5,7,9H2,1-4H3,(H,15,20). The lowest BCUT2D eigenvalue weighted by Crippen LogP contribution is -2.59. The number of piperazine rings is 1. The number of nitrogens with zero attached hydrogens (tertiary/aromatic N) is 3. The molecule has 116 valence electrons. The number of carbonyl (C=O) groups excluding carboxylic acids is 1. The van der Waals surface area contributed by atoms with Gasteiger partial charge in [-0.1, -0.05) is 0 Å². The van der Waals surface area contributed by atoms with Crippen molar-refractivity contribution in [3.8, 4) is 0 Å². The molecule has 1 aliphatic rings. The zero-order valence-electron chi connectivity index (χ0n) is 13.0. The first-order chi connectivity index (χ1) is 9.86. The van der Waals surface area contributed by atoms with Crippen LogP contribution in [-0.2, 0) is 10.3 Å². The van der Waals surface area contributed by atoms with E-state index in [9.17, 15) is 9.59 Å². The fourth-order valence-electron chi connectivity index (χ4n) is 2.49. The van der Waals surface area contributed by atoms with E-state index in [1.165, 1.54) is 0 Å². The quantitative estimate of drug-likeness (QED) is 0.770. The fraction of sp³-hybridized carbons (Fsp3) is 0.643. The van der Waals surface area contributed by atoms with Crippen molar-refractivity contribution in [2.45, 2.75) is 32.4 Å². The van der Waals surface area contributed by atoms with Gasteiger partial charge in [-0.05, 0) is 20.8 Å². The van der Waals surface area contributed by atoms with E-state index in [-0.39, 0.29) is 17.0 Å². The first kappa shape index (κ1) is 15.5. The summed E-state index contributed by atoms with van der Waals surface area (Å²) in [5, 5.41) is 5.82. The van der Waals surface area contributed by atoms with E-state index < -0.39 is 6.04 Å². The van der Waals surface area contributed by atoms with Crippen molar-refractivity contribution in [3.63, 3.8) is 0 Å². The van der Waals surface area contributed by atoms with Gasteiger partial charge in [0.25, 0.3) is 5.56 Å². The summed E-state index contributed by atoms with van der Waals surface area (Å²) in [5.74, 6) is 0.220. The minimum Gasteiger partial charge on any atom is -0.357 e. The molecule has 2 N–H and O–H groups in total.